The third-order valence-electron chi connectivity index (χ3n) is 2.33. The van der Waals surface area contributed by atoms with Crippen molar-refractivity contribution in [1.29, 1.82) is 0 Å². The highest BCUT2D eigenvalue weighted by molar-refractivity contribution is 6.31. The molecule has 0 aliphatic carbocycles. The molecule has 1 aromatic carbocycles. The number of amides is 1. The number of nitrogens with two attached hydrogens (primary N) is 1. The molecule has 1 amide bonds. The topological polar surface area (TPSA) is 80.9 Å². The lowest BCUT2D eigenvalue weighted by Gasteiger charge is -2.07. The summed E-state index contributed by atoms with van der Waals surface area (Å²) in [5, 5.41) is 3.18. The van der Waals surface area contributed by atoms with Gasteiger partial charge in [-0.25, -0.2) is 9.97 Å². The first-order chi connectivity index (χ1) is 8.66. The van der Waals surface area contributed by atoms with Crippen molar-refractivity contribution in [2.75, 3.05) is 5.73 Å². The number of nitrogen functional groups attached to an aromatic ring is 1. The van der Waals surface area contributed by atoms with Crippen LogP contribution in [0.25, 0.3) is 0 Å². The third kappa shape index (κ3) is 2.95. The van der Waals surface area contributed by atoms with Gasteiger partial charge in [0.25, 0.3) is 5.91 Å². The molecule has 0 fully saturated rings. The zero-order valence-corrected chi connectivity index (χ0v) is 10.2. The minimum absolute atomic E-state index is 0.284. The number of aromatic nitrogens is 2. The fourth-order valence-electron chi connectivity index (χ4n) is 1.41. The van der Waals surface area contributed by atoms with E-state index >= 15 is 0 Å². The number of hydrogen-bond acceptors (Lipinski definition) is 4. The van der Waals surface area contributed by atoms with Gasteiger partial charge >= 0.3 is 0 Å². The van der Waals surface area contributed by atoms with Crippen molar-refractivity contribution < 1.29 is 4.79 Å². The SMILES string of the molecule is Nc1ccc(Cl)cc1C(=O)NCc1ccncn1. The van der Waals surface area contributed by atoms with Gasteiger partial charge in [-0.05, 0) is 24.3 Å². The number of rotatable bonds is 3. The first-order valence-corrected chi connectivity index (χ1v) is 5.63. The maximum absolute atomic E-state index is 11.9. The zero-order chi connectivity index (χ0) is 13.0. The Morgan fingerprint density at radius 2 is 2.22 bits per heavy atom. The van der Waals surface area contributed by atoms with E-state index in [4.69, 9.17) is 17.3 Å². The second-order valence-electron chi connectivity index (χ2n) is 3.61. The van der Waals surface area contributed by atoms with Crippen molar-refractivity contribution >= 4 is 23.2 Å². The van der Waals surface area contributed by atoms with Gasteiger partial charge in [-0.2, -0.15) is 0 Å². The van der Waals surface area contributed by atoms with Crippen LogP contribution in [0, 0.1) is 0 Å². The molecule has 18 heavy (non-hydrogen) atoms. The van der Waals surface area contributed by atoms with Gasteiger partial charge in [0, 0.05) is 16.9 Å². The van der Waals surface area contributed by atoms with Crippen molar-refractivity contribution in [2.24, 2.45) is 0 Å². The zero-order valence-electron chi connectivity index (χ0n) is 9.43. The Bertz CT molecular complexity index is 559. The van der Waals surface area contributed by atoms with E-state index in [2.05, 4.69) is 15.3 Å². The van der Waals surface area contributed by atoms with Gasteiger partial charge in [0.15, 0.2) is 0 Å². The molecule has 1 heterocycles. The average molecular weight is 263 g/mol. The summed E-state index contributed by atoms with van der Waals surface area (Å²) in [5.74, 6) is -0.284. The summed E-state index contributed by atoms with van der Waals surface area (Å²) in [6.45, 7) is 0.313. The van der Waals surface area contributed by atoms with Crippen LogP contribution in [-0.4, -0.2) is 15.9 Å². The second-order valence-corrected chi connectivity index (χ2v) is 4.05. The maximum atomic E-state index is 11.9. The predicted octanol–water partition coefficient (Wildman–Crippen LogP) is 1.64. The summed E-state index contributed by atoms with van der Waals surface area (Å²) in [7, 11) is 0. The number of carbonyl (C=O) groups excluding carboxylic acids is 1. The molecule has 2 aromatic rings. The summed E-state index contributed by atoms with van der Waals surface area (Å²) < 4.78 is 0. The number of halogens is 1. The van der Waals surface area contributed by atoms with E-state index in [9.17, 15) is 4.79 Å². The minimum atomic E-state index is -0.284. The fraction of sp³-hybridized carbons (Fsp3) is 0.0833. The first kappa shape index (κ1) is 12.3. The summed E-state index contributed by atoms with van der Waals surface area (Å²) >= 11 is 5.82. The standard InChI is InChI=1S/C12H11ClN4O/c13-8-1-2-11(14)10(5-8)12(18)16-6-9-3-4-15-7-17-9/h1-5,7H,6,14H2,(H,16,18). The summed E-state index contributed by atoms with van der Waals surface area (Å²) in [6.07, 6.45) is 3.04. The van der Waals surface area contributed by atoms with E-state index < -0.39 is 0 Å². The number of anilines is 1. The van der Waals surface area contributed by atoms with Crippen LogP contribution in [0.4, 0.5) is 5.69 Å². The molecule has 0 aliphatic rings. The fourth-order valence-corrected chi connectivity index (χ4v) is 1.59. The van der Waals surface area contributed by atoms with Gasteiger partial charge in [-0.1, -0.05) is 11.6 Å². The predicted molar refractivity (Wildman–Crippen MR) is 69.1 cm³/mol. The normalized spacial score (nSPS) is 10.1. The van der Waals surface area contributed by atoms with Gasteiger partial charge in [0.1, 0.15) is 6.33 Å². The van der Waals surface area contributed by atoms with Gasteiger partial charge < -0.3 is 11.1 Å². The Balaban J connectivity index is 2.06. The molecule has 0 atom stereocenters. The number of nitrogens with zero attached hydrogens (tertiary/aromatic N) is 2. The van der Waals surface area contributed by atoms with Crippen LogP contribution in [-0.2, 0) is 6.54 Å². The Morgan fingerprint density at radius 1 is 1.39 bits per heavy atom. The van der Waals surface area contributed by atoms with E-state index in [1.54, 1.807) is 24.4 Å². The van der Waals surface area contributed by atoms with Gasteiger partial charge in [-0.3, -0.25) is 4.79 Å². The van der Waals surface area contributed by atoms with Crippen molar-refractivity contribution in [1.82, 2.24) is 15.3 Å². The molecule has 0 spiro atoms. The van der Waals surface area contributed by atoms with Crippen LogP contribution in [0.3, 0.4) is 0 Å². The number of nitrogens with one attached hydrogen (secondary N) is 1. The molecule has 0 bridgehead atoms. The van der Waals surface area contributed by atoms with Crippen LogP contribution in [0.2, 0.25) is 5.02 Å². The molecule has 5 nitrogen and oxygen atoms in total. The lowest BCUT2D eigenvalue weighted by atomic mass is 10.1. The highest BCUT2D eigenvalue weighted by Crippen LogP contribution is 2.17. The molecular weight excluding hydrogens is 252 g/mol. The van der Waals surface area contributed by atoms with Crippen LogP contribution < -0.4 is 11.1 Å². The van der Waals surface area contributed by atoms with Gasteiger partial charge in [0.2, 0.25) is 0 Å². The number of benzene rings is 1. The number of hydrogen-bond donors (Lipinski definition) is 2. The summed E-state index contributed by atoms with van der Waals surface area (Å²) in [6, 6.07) is 6.49. The summed E-state index contributed by atoms with van der Waals surface area (Å²) in [4.78, 5) is 19.7. The monoisotopic (exact) mass is 262 g/mol. The van der Waals surface area contributed by atoms with Crippen LogP contribution >= 0.6 is 11.6 Å². The molecule has 0 unspecified atom stereocenters. The Hall–Kier alpha value is -2.14. The second kappa shape index (κ2) is 5.46. The average Bonchev–Trinajstić information content (AvgIpc) is 2.40. The van der Waals surface area contributed by atoms with Crippen LogP contribution in [0.15, 0.2) is 36.8 Å². The highest BCUT2D eigenvalue weighted by Gasteiger charge is 2.10. The largest absolute Gasteiger partial charge is 0.398 e. The van der Waals surface area contributed by atoms with Crippen molar-refractivity contribution in [2.45, 2.75) is 6.54 Å². The highest BCUT2D eigenvalue weighted by atomic mass is 35.5. The molecule has 1 aromatic heterocycles. The van der Waals surface area contributed by atoms with E-state index in [-0.39, 0.29) is 5.91 Å². The van der Waals surface area contributed by atoms with Crippen molar-refractivity contribution in [3.63, 3.8) is 0 Å². The molecule has 0 radical (unpaired) electrons. The molecule has 0 aliphatic heterocycles. The molecule has 2 rings (SSSR count). The summed E-state index contributed by atoms with van der Waals surface area (Å²) in [5.41, 5.74) is 7.18. The Labute approximate surface area is 109 Å². The lowest BCUT2D eigenvalue weighted by Crippen LogP contribution is -2.24. The molecule has 0 saturated heterocycles. The van der Waals surface area contributed by atoms with E-state index in [0.717, 1.165) is 5.69 Å². The first-order valence-electron chi connectivity index (χ1n) is 5.25. The minimum Gasteiger partial charge on any atom is -0.398 e. The number of carbonyl (C=O) groups is 1. The molecule has 6 heteroatoms. The Kier molecular flexibility index (Phi) is 3.74. The molecule has 3 N–H and O–H groups in total. The molecular formula is C12H11ClN4O. The van der Waals surface area contributed by atoms with E-state index in [1.807, 2.05) is 0 Å². The van der Waals surface area contributed by atoms with Crippen molar-refractivity contribution in [3.05, 3.63) is 53.1 Å². The van der Waals surface area contributed by atoms with Gasteiger partial charge in [-0.15, -0.1) is 0 Å². The van der Waals surface area contributed by atoms with E-state index in [1.165, 1.54) is 12.4 Å². The van der Waals surface area contributed by atoms with Crippen LogP contribution in [0.5, 0.6) is 0 Å². The lowest BCUT2D eigenvalue weighted by molar-refractivity contribution is 0.0951. The maximum Gasteiger partial charge on any atom is 0.253 e. The van der Waals surface area contributed by atoms with Crippen molar-refractivity contribution in [3.8, 4) is 0 Å². The van der Waals surface area contributed by atoms with Gasteiger partial charge in [0.05, 0.1) is 17.8 Å². The smallest absolute Gasteiger partial charge is 0.253 e. The molecule has 0 saturated carbocycles. The molecule has 92 valence electrons. The quantitative estimate of drug-likeness (QED) is 0.824. The Morgan fingerprint density at radius 3 is 2.94 bits per heavy atom. The van der Waals surface area contributed by atoms with E-state index in [0.29, 0.717) is 22.8 Å². The third-order valence-corrected chi connectivity index (χ3v) is 2.57. The van der Waals surface area contributed by atoms with Crippen LogP contribution in [0.1, 0.15) is 16.1 Å².